The summed E-state index contributed by atoms with van der Waals surface area (Å²) in [7, 11) is 1.70. The molecule has 0 saturated heterocycles. The molecule has 0 radical (unpaired) electrons. The summed E-state index contributed by atoms with van der Waals surface area (Å²) in [5.74, 6) is 0.385. The number of nitro groups is 1. The summed E-state index contributed by atoms with van der Waals surface area (Å²) in [6.07, 6.45) is 4.62. The van der Waals surface area contributed by atoms with Crippen molar-refractivity contribution in [3.8, 4) is 0 Å². The number of nitrogens with one attached hydrogen (secondary N) is 1. The van der Waals surface area contributed by atoms with E-state index in [1.54, 1.807) is 7.05 Å². The molecule has 0 amide bonds. The number of aromatic nitrogens is 2. The molecule has 6 heteroatoms. The Hall–Kier alpha value is -1.59. The van der Waals surface area contributed by atoms with Crippen molar-refractivity contribution in [1.82, 2.24) is 9.78 Å². The lowest BCUT2D eigenvalue weighted by Gasteiger charge is -2.45. The van der Waals surface area contributed by atoms with E-state index in [-0.39, 0.29) is 27.5 Å². The Morgan fingerprint density at radius 3 is 2.40 bits per heavy atom. The Morgan fingerprint density at radius 2 is 1.90 bits per heavy atom. The van der Waals surface area contributed by atoms with Gasteiger partial charge in [0.25, 0.3) is 0 Å². The largest absolute Gasteiger partial charge is 0.360 e. The highest BCUT2D eigenvalue weighted by molar-refractivity contribution is 5.55. The smallest absolute Gasteiger partial charge is 0.330 e. The predicted octanol–water partition coefficient (Wildman–Crippen LogP) is 3.35. The van der Waals surface area contributed by atoms with E-state index in [9.17, 15) is 10.1 Å². The molecule has 20 heavy (non-hydrogen) atoms. The molecule has 112 valence electrons. The quantitative estimate of drug-likeness (QED) is 0.680. The summed E-state index contributed by atoms with van der Waals surface area (Å²) in [5.41, 5.74) is 0.528. The Balaban J connectivity index is 2.19. The molecule has 1 aromatic heterocycles. The Labute approximate surface area is 119 Å². The van der Waals surface area contributed by atoms with Crippen molar-refractivity contribution in [3.05, 3.63) is 16.3 Å². The standard InChI is InChI=1S/C14H24N4O2/c1-13(2)6-10(7-14(3,4)9-13)15-12-11(18(19)20)8-17(5)16-12/h8,10H,6-7,9H2,1-5H3,(H,15,16). The van der Waals surface area contributed by atoms with Gasteiger partial charge < -0.3 is 5.32 Å². The Morgan fingerprint density at radius 1 is 1.35 bits per heavy atom. The third-order valence-corrected chi connectivity index (χ3v) is 3.90. The number of anilines is 1. The van der Waals surface area contributed by atoms with Crippen LogP contribution in [0.3, 0.4) is 0 Å². The fourth-order valence-corrected chi connectivity index (χ4v) is 3.85. The van der Waals surface area contributed by atoms with Crippen molar-refractivity contribution >= 4 is 11.5 Å². The topological polar surface area (TPSA) is 73.0 Å². The van der Waals surface area contributed by atoms with Gasteiger partial charge in [0.05, 0.1) is 4.92 Å². The highest BCUT2D eigenvalue weighted by atomic mass is 16.6. The summed E-state index contributed by atoms with van der Waals surface area (Å²) in [6.45, 7) is 9.04. The summed E-state index contributed by atoms with van der Waals surface area (Å²) in [5, 5.41) is 18.5. The zero-order chi connectivity index (χ0) is 15.1. The molecule has 1 aliphatic rings. The van der Waals surface area contributed by atoms with Crippen LogP contribution in [0.2, 0.25) is 0 Å². The van der Waals surface area contributed by atoms with Crippen LogP contribution in [-0.4, -0.2) is 20.7 Å². The van der Waals surface area contributed by atoms with Gasteiger partial charge in [0.15, 0.2) is 0 Å². The zero-order valence-electron chi connectivity index (χ0n) is 12.9. The minimum atomic E-state index is -0.381. The third kappa shape index (κ3) is 3.29. The van der Waals surface area contributed by atoms with Gasteiger partial charge in [-0.1, -0.05) is 27.7 Å². The van der Waals surface area contributed by atoms with E-state index in [0.29, 0.717) is 5.82 Å². The van der Waals surface area contributed by atoms with Gasteiger partial charge in [0.2, 0.25) is 5.82 Å². The monoisotopic (exact) mass is 280 g/mol. The SMILES string of the molecule is Cn1cc([N+](=O)[O-])c(NC2CC(C)(C)CC(C)(C)C2)n1. The molecule has 1 N–H and O–H groups in total. The second kappa shape index (κ2) is 4.75. The molecule has 0 unspecified atom stereocenters. The van der Waals surface area contributed by atoms with Crippen molar-refractivity contribution in [1.29, 1.82) is 0 Å². The van der Waals surface area contributed by atoms with E-state index in [1.807, 2.05) is 0 Å². The molecule has 0 spiro atoms. The Kier molecular flexibility index (Phi) is 3.52. The fourth-order valence-electron chi connectivity index (χ4n) is 3.85. The molecule has 0 bridgehead atoms. The van der Waals surface area contributed by atoms with Gasteiger partial charge in [-0.3, -0.25) is 14.8 Å². The van der Waals surface area contributed by atoms with Gasteiger partial charge in [-0.2, -0.15) is 0 Å². The molecule has 1 saturated carbocycles. The number of rotatable bonds is 3. The van der Waals surface area contributed by atoms with E-state index in [4.69, 9.17) is 0 Å². The molecule has 1 fully saturated rings. The van der Waals surface area contributed by atoms with E-state index in [0.717, 1.165) is 12.8 Å². The maximum absolute atomic E-state index is 11.0. The maximum Gasteiger partial charge on any atom is 0.330 e. The molecule has 1 heterocycles. The molecular weight excluding hydrogens is 256 g/mol. The Bertz CT molecular complexity index is 503. The number of nitrogens with zero attached hydrogens (tertiary/aromatic N) is 3. The van der Waals surface area contributed by atoms with Crippen molar-refractivity contribution in [2.75, 3.05) is 5.32 Å². The average Bonchev–Trinajstić information content (AvgIpc) is 2.54. The lowest BCUT2D eigenvalue weighted by molar-refractivity contribution is -0.384. The van der Waals surface area contributed by atoms with Gasteiger partial charge >= 0.3 is 5.69 Å². The molecule has 1 aliphatic carbocycles. The van der Waals surface area contributed by atoms with E-state index in [1.165, 1.54) is 17.3 Å². The normalized spacial score (nSPS) is 21.6. The minimum Gasteiger partial charge on any atom is -0.360 e. The van der Waals surface area contributed by atoms with Gasteiger partial charge in [0, 0.05) is 13.1 Å². The summed E-state index contributed by atoms with van der Waals surface area (Å²) < 4.78 is 1.49. The van der Waals surface area contributed by atoms with Crippen LogP contribution in [-0.2, 0) is 7.05 Å². The van der Waals surface area contributed by atoms with Crippen LogP contribution in [0.4, 0.5) is 11.5 Å². The molecule has 0 aliphatic heterocycles. The highest BCUT2D eigenvalue weighted by Gasteiger charge is 2.39. The number of aryl methyl sites for hydroxylation is 1. The van der Waals surface area contributed by atoms with Crippen LogP contribution in [0.5, 0.6) is 0 Å². The van der Waals surface area contributed by atoms with Crippen molar-refractivity contribution < 1.29 is 4.92 Å². The first-order valence-corrected chi connectivity index (χ1v) is 7.03. The first kappa shape index (κ1) is 14.8. The molecule has 0 aromatic carbocycles. The van der Waals surface area contributed by atoms with Crippen LogP contribution >= 0.6 is 0 Å². The summed E-state index contributed by atoms with van der Waals surface area (Å²) in [4.78, 5) is 10.7. The van der Waals surface area contributed by atoms with Crippen LogP contribution in [0.1, 0.15) is 47.0 Å². The van der Waals surface area contributed by atoms with Gasteiger partial charge in [0.1, 0.15) is 6.20 Å². The summed E-state index contributed by atoms with van der Waals surface area (Å²) in [6, 6.07) is 0.224. The molecule has 2 rings (SSSR count). The fraction of sp³-hybridized carbons (Fsp3) is 0.786. The third-order valence-electron chi connectivity index (χ3n) is 3.90. The first-order valence-electron chi connectivity index (χ1n) is 7.03. The lowest BCUT2D eigenvalue weighted by Crippen LogP contribution is -2.40. The van der Waals surface area contributed by atoms with E-state index >= 15 is 0 Å². The van der Waals surface area contributed by atoms with Crippen LogP contribution in [0.15, 0.2) is 6.20 Å². The number of hydrogen-bond acceptors (Lipinski definition) is 4. The molecule has 1 aromatic rings. The molecule has 6 nitrogen and oxygen atoms in total. The zero-order valence-corrected chi connectivity index (χ0v) is 12.9. The first-order chi connectivity index (χ1) is 9.08. The van der Waals surface area contributed by atoms with Crippen LogP contribution < -0.4 is 5.32 Å². The van der Waals surface area contributed by atoms with Crippen molar-refractivity contribution in [2.45, 2.75) is 53.0 Å². The van der Waals surface area contributed by atoms with Gasteiger partial charge in [-0.25, -0.2) is 0 Å². The molecular formula is C14H24N4O2. The van der Waals surface area contributed by atoms with Crippen LogP contribution in [0, 0.1) is 20.9 Å². The second-order valence-electron chi connectivity index (χ2n) is 7.55. The minimum absolute atomic E-state index is 0.0497. The number of hydrogen-bond donors (Lipinski definition) is 1. The van der Waals surface area contributed by atoms with Crippen LogP contribution in [0.25, 0.3) is 0 Å². The van der Waals surface area contributed by atoms with Gasteiger partial charge in [-0.15, -0.1) is 5.10 Å². The molecule has 0 atom stereocenters. The average molecular weight is 280 g/mol. The van der Waals surface area contributed by atoms with E-state index in [2.05, 4.69) is 38.1 Å². The van der Waals surface area contributed by atoms with Crippen molar-refractivity contribution in [3.63, 3.8) is 0 Å². The van der Waals surface area contributed by atoms with Crippen molar-refractivity contribution in [2.24, 2.45) is 17.9 Å². The maximum atomic E-state index is 11.0. The van der Waals surface area contributed by atoms with E-state index < -0.39 is 0 Å². The lowest BCUT2D eigenvalue weighted by atomic mass is 9.63. The highest BCUT2D eigenvalue weighted by Crippen LogP contribution is 2.46. The predicted molar refractivity (Wildman–Crippen MR) is 78.7 cm³/mol. The van der Waals surface area contributed by atoms with Gasteiger partial charge in [-0.05, 0) is 30.1 Å². The second-order valence-corrected chi connectivity index (χ2v) is 7.55. The summed E-state index contributed by atoms with van der Waals surface area (Å²) >= 11 is 0.